The number of thioether (sulfide) groups is 1. The number of amides is 1. The number of hydrogen-bond donors (Lipinski definition) is 1. The first-order valence-electron chi connectivity index (χ1n) is 8.18. The summed E-state index contributed by atoms with van der Waals surface area (Å²) in [5, 5.41) is 3.74. The van der Waals surface area contributed by atoms with E-state index in [9.17, 15) is 14.0 Å². The van der Waals surface area contributed by atoms with Crippen molar-refractivity contribution in [3.8, 4) is 0 Å². The van der Waals surface area contributed by atoms with E-state index in [4.69, 9.17) is 0 Å². The molecule has 0 unspecified atom stereocenters. The van der Waals surface area contributed by atoms with Crippen molar-refractivity contribution in [2.24, 2.45) is 0 Å². The molecule has 2 aromatic carbocycles. The lowest BCUT2D eigenvalue weighted by Gasteiger charge is -2.12. The van der Waals surface area contributed by atoms with Gasteiger partial charge in [0.25, 0.3) is 5.56 Å². The van der Waals surface area contributed by atoms with Crippen LogP contribution in [0.3, 0.4) is 0 Å². The zero-order valence-electron chi connectivity index (χ0n) is 14.5. The molecule has 0 aliphatic heterocycles. The highest BCUT2D eigenvalue weighted by Gasteiger charge is 2.13. The second-order valence-electron chi connectivity index (χ2n) is 5.76. The molecule has 26 heavy (non-hydrogen) atoms. The molecule has 5 nitrogen and oxygen atoms in total. The number of carbonyl (C=O) groups is 1. The molecule has 0 aliphatic rings. The van der Waals surface area contributed by atoms with Crippen LogP contribution in [0.15, 0.2) is 52.4 Å². The smallest absolute Gasteiger partial charge is 0.262 e. The van der Waals surface area contributed by atoms with Crippen LogP contribution in [0.5, 0.6) is 0 Å². The third kappa shape index (κ3) is 3.77. The molecule has 1 aromatic heterocycles. The number of benzene rings is 2. The number of carbonyl (C=O) groups excluding carboxylic acids is 1. The van der Waals surface area contributed by atoms with Gasteiger partial charge in [-0.2, -0.15) is 0 Å². The maximum atomic E-state index is 13.3. The molecule has 3 aromatic rings. The SMILES string of the molecule is CCn1c(SCC(=O)Nc2cc(F)ccc2C)nc2ccccc2c1=O. The summed E-state index contributed by atoms with van der Waals surface area (Å²) in [6.45, 7) is 4.11. The lowest BCUT2D eigenvalue weighted by Crippen LogP contribution is -2.23. The van der Waals surface area contributed by atoms with E-state index in [0.717, 1.165) is 5.56 Å². The van der Waals surface area contributed by atoms with Crippen molar-refractivity contribution >= 4 is 34.3 Å². The van der Waals surface area contributed by atoms with Gasteiger partial charge in [-0.1, -0.05) is 30.0 Å². The molecule has 3 rings (SSSR count). The Kier molecular flexibility index (Phi) is 5.37. The predicted octanol–water partition coefficient (Wildman–Crippen LogP) is 3.59. The fourth-order valence-electron chi connectivity index (χ4n) is 2.58. The van der Waals surface area contributed by atoms with Crippen LogP contribution in [-0.4, -0.2) is 21.2 Å². The predicted molar refractivity (Wildman–Crippen MR) is 102 cm³/mol. The van der Waals surface area contributed by atoms with E-state index in [1.807, 2.05) is 13.0 Å². The van der Waals surface area contributed by atoms with Gasteiger partial charge >= 0.3 is 0 Å². The third-order valence-electron chi connectivity index (χ3n) is 3.95. The van der Waals surface area contributed by atoms with Gasteiger partial charge in [0.05, 0.1) is 16.7 Å². The Hall–Kier alpha value is -2.67. The minimum Gasteiger partial charge on any atom is -0.325 e. The number of anilines is 1. The zero-order chi connectivity index (χ0) is 18.7. The maximum absolute atomic E-state index is 13.3. The summed E-state index contributed by atoms with van der Waals surface area (Å²) in [6, 6.07) is 11.4. The molecule has 1 amide bonds. The van der Waals surface area contributed by atoms with Gasteiger partial charge in [0.1, 0.15) is 5.82 Å². The largest absolute Gasteiger partial charge is 0.325 e. The van der Waals surface area contributed by atoms with E-state index in [0.29, 0.717) is 28.3 Å². The highest BCUT2D eigenvalue weighted by molar-refractivity contribution is 7.99. The van der Waals surface area contributed by atoms with Crippen molar-refractivity contribution < 1.29 is 9.18 Å². The van der Waals surface area contributed by atoms with Gasteiger partial charge in [-0.05, 0) is 43.7 Å². The molecule has 0 radical (unpaired) electrons. The number of para-hydroxylation sites is 1. The molecular weight excluding hydrogens is 353 g/mol. The monoisotopic (exact) mass is 371 g/mol. The van der Waals surface area contributed by atoms with Crippen LogP contribution < -0.4 is 10.9 Å². The third-order valence-corrected chi connectivity index (χ3v) is 4.93. The highest BCUT2D eigenvalue weighted by Crippen LogP contribution is 2.20. The Morgan fingerprint density at radius 3 is 2.81 bits per heavy atom. The molecular formula is C19H18FN3O2S. The molecule has 0 saturated heterocycles. The number of halogens is 1. The van der Waals surface area contributed by atoms with Crippen molar-refractivity contribution in [3.05, 3.63) is 64.2 Å². The van der Waals surface area contributed by atoms with Crippen LogP contribution in [0.25, 0.3) is 10.9 Å². The Morgan fingerprint density at radius 2 is 2.04 bits per heavy atom. The first kappa shape index (κ1) is 18.1. The summed E-state index contributed by atoms with van der Waals surface area (Å²) in [4.78, 5) is 29.3. The normalized spacial score (nSPS) is 10.9. The average Bonchev–Trinajstić information content (AvgIpc) is 2.63. The van der Waals surface area contributed by atoms with E-state index in [-0.39, 0.29) is 17.2 Å². The van der Waals surface area contributed by atoms with Crippen molar-refractivity contribution in [2.75, 3.05) is 11.1 Å². The second-order valence-corrected chi connectivity index (χ2v) is 6.70. The van der Waals surface area contributed by atoms with Crippen molar-refractivity contribution in [3.63, 3.8) is 0 Å². The summed E-state index contributed by atoms with van der Waals surface area (Å²) < 4.78 is 14.9. The quantitative estimate of drug-likeness (QED) is 0.550. The molecule has 0 fully saturated rings. The Morgan fingerprint density at radius 1 is 1.27 bits per heavy atom. The van der Waals surface area contributed by atoms with Gasteiger partial charge in [-0.15, -0.1) is 0 Å². The average molecular weight is 371 g/mol. The Balaban J connectivity index is 1.80. The number of aromatic nitrogens is 2. The summed E-state index contributed by atoms with van der Waals surface area (Å²) in [6.07, 6.45) is 0. The highest BCUT2D eigenvalue weighted by atomic mass is 32.2. The van der Waals surface area contributed by atoms with Crippen molar-refractivity contribution in [2.45, 2.75) is 25.5 Å². The minimum atomic E-state index is -0.408. The van der Waals surface area contributed by atoms with E-state index >= 15 is 0 Å². The zero-order valence-corrected chi connectivity index (χ0v) is 15.3. The summed E-state index contributed by atoms with van der Waals surface area (Å²) in [5.74, 6) is -0.621. The number of nitrogens with one attached hydrogen (secondary N) is 1. The van der Waals surface area contributed by atoms with Crippen molar-refractivity contribution in [1.82, 2.24) is 9.55 Å². The molecule has 7 heteroatoms. The topological polar surface area (TPSA) is 64.0 Å². The minimum absolute atomic E-state index is 0.0702. The van der Waals surface area contributed by atoms with E-state index in [1.54, 1.807) is 35.8 Å². The number of aryl methyl sites for hydroxylation is 1. The maximum Gasteiger partial charge on any atom is 0.262 e. The van der Waals surface area contributed by atoms with E-state index < -0.39 is 5.82 Å². The number of fused-ring (bicyclic) bond motifs is 1. The van der Waals surface area contributed by atoms with Gasteiger partial charge in [0.15, 0.2) is 5.16 Å². The Labute approximate surface area is 154 Å². The molecule has 0 atom stereocenters. The summed E-state index contributed by atoms with van der Waals surface area (Å²) >= 11 is 1.18. The molecule has 134 valence electrons. The summed E-state index contributed by atoms with van der Waals surface area (Å²) in [7, 11) is 0. The van der Waals surface area contributed by atoms with Gasteiger partial charge in [-0.3, -0.25) is 14.2 Å². The molecule has 1 heterocycles. The molecule has 1 N–H and O–H groups in total. The summed E-state index contributed by atoms with van der Waals surface area (Å²) in [5.41, 5.74) is 1.70. The van der Waals surface area contributed by atoms with Crippen LogP contribution in [0.4, 0.5) is 10.1 Å². The lowest BCUT2D eigenvalue weighted by molar-refractivity contribution is -0.113. The van der Waals surface area contributed by atoms with Crippen LogP contribution in [-0.2, 0) is 11.3 Å². The van der Waals surface area contributed by atoms with Crippen LogP contribution in [0.2, 0.25) is 0 Å². The first-order chi connectivity index (χ1) is 12.5. The molecule has 0 aliphatic carbocycles. The van der Waals surface area contributed by atoms with Crippen LogP contribution in [0.1, 0.15) is 12.5 Å². The van der Waals surface area contributed by atoms with Gasteiger partial charge in [0.2, 0.25) is 5.91 Å². The fourth-order valence-corrected chi connectivity index (χ4v) is 3.45. The standard InChI is InChI=1S/C19H18FN3O2S/c1-3-23-18(25)14-6-4-5-7-15(14)22-19(23)26-11-17(24)21-16-10-13(20)9-8-12(16)2/h4-10H,3,11H2,1-2H3,(H,21,24). The number of nitrogens with zero attached hydrogens (tertiary/aromatic N) is 2. The van der Waals surface area contributed by atoms with Crippen molar-refractivity contribution in [1.29, 1.82) is 0 Å². The van der Waals surface area contributed by atoms with Crippen LogP contribution in [0, 0.1) is 12.7 Å². The van der Waals surface area contributed by atoms with Gasteiger partial charge in [-0.25, -0.2) is 9.37 Å². The van der Waals surface area contributed by atoms with E-state index in [2.05, 4.69) is 10.3 Å². The number of hydrogen-bond acceptors (Lipinski definition) is 4. The first-order valence-corrected chi connectivity index (χ1v) is 9.16. The van der Waals surface area contributed by atoms with E-state index in [1.165, 1.54) is 23.9 Å². The fraction of sp³-hybridized carbons (Fsp3) is 0.211. The van der Waals surface area contributed by atoms with Gasteiger partial charge < -0.3 is 5.32 Å². The van der Waals surface area contributed by atoms with Gasteiger partial charge in [0, 0.05) is 12.2 Å². The molecule has 0 bridgehead atoms. The van der Waals surface area contributed by atoms with Crippen LogP contribution >= 0.6 is 11.8 Å². The molecule has 0 saturated carbocycles. The lowest BCUT2D eigenvalue weighted by atomic mass is 10.2. The number of rotatable bonds is 5. The molecule has 0 spiro atoms. The Bertz CT molecular complexity index is 1030. The second kappa shape index (κ2) is 7.70.